The van der Waals surface area contributed by atoms with Crippen LogP contribution in [0.15, 0.2) is 12.3 Å². The molecule has 0 radical (unpaired) electrons. The number of hydrogen-bond donors (Lipinski definition) is 1. The zero-order valence-electron chi connectivity index (χ0n) is 9.12. The zero-order chi connectivity index (χ0) is 11.1. The molecule has 15 heavy (non-hydrogen) atoms. The number of methoxy groups -OCH3 is 2. The standard InChI is InChI=1S/C10H17NO4/c1-13-9(12)3-5-11-7-10(14-2)4-6-15-8-10/h3,5,11H,4,6-8H2,1-2H3/b5-3+. The van der Waals surface area contributed by atoms with E-state index in [1.54, 1.807) is 13.3 Å². The summed E-state index contributed by atoms with van der Waals surface area (Å²) in [5.74, 6) is -0.378. The molecule has 1 heterocycles. The molecule has 0 aliphatic carbocycles. The van der Waals surface area contributed by atoms with Crippen LogP contribution in [-0.4, -0.2) is 45.5 Å². The maximum Gasteiger partial charge on any atom is 0.331 e. The number of esters is 1. The number of hydrogen-bond acceptors (Lipinski definition) is 5. The predicted molar refractivity (Wildman–Crippen MR) is 54.3 cm³/mol. The third-order valence-electron chi connectivity index (χ3n) is 2.46. The molecule has 0 aromatic carbocycles. The number of rotatable bonds is 5. The number of carbonyl (C=O) groups excluding carboxylic acids is 1. The summed E-state index contributed by atoms with van der Waals surface area (Å²) in [6.07, 6.45) is 3.76. The SMILES string of the molecule is COC(=O)/C=C/NCC1(OC)CCOC1. The van der Waals surface area contributed by atoms with Crippen molar-refractivity contribution in [2.75, 3.05) is 34.0 Å². The second kappa shape index (κ2) is 5.72. The Bertz CT molecular complexity index is 234. The van der Waals surface area contributed by atoms with Gasteiger partial charge < -0.3 is 19.5 Å². The van der Waals surface area contributed by atoms with E-state index in [1.807, 2.05) is 0 Å². The molecule has 0 bridgehead atoms. The first-order chi connectivity index (χ1) is 7.22. The molecule has 0 spiro atoms. The maximum atomic E-state index is 10.8. The zero-order valence-corrected chi connectivity index (χ0v) is 9.12. The quantitative estimate of drug-likeness (QED) is 0.519. The van der Waals surface area contributed by atoms with E-state index in [-0.39, 0.29) is 11.6 Å². The van der Waals surface area contributed by atoms with Gasteiger partial charge in [0.2, 0.25) is 0 Å². The number of carbonyl (C=O) groups is 1. The minimum Gasteiger partial charge on any atom is -0.466 e. The fourth-order valence-electron chi connectivity index (χ4n) is 1.40. The summed E-state index contributed by atoms with van der Waals surface area (Å²) in [5, 5.41) is 3.00. The summed E-state index contributed by atoms with van der Waals surface area (Å²) >= 11 is 0. The molecule has 5 heteroatoms. The minimum atomic E-state index is -0.378. The molecule has 1 rings (SSSR count). The minimum absolute atomic E-state index is 0.263. The third-order valence-corrected chi connectivity index (χ3v) is 2.46. The largest absolute Gasteiger partial charge is 0.466 e. The van der Waals surface area contributed by atoms with Gasteiger partial charge in [0.05, 0.1) is 13.7 Å². The van der Waals surface area contributed by atoms with Crippen LogP contribution in [0.1, 0.15) is 6.42 Å². The van der Waals surface area contributed by atoms with Crippen LogP contribution in [0, 0.1) is 0 Å². The van der Waals surface area contributed by atoms with Crippen molar-refractivity contribution < 1.29 is 19.0 Å². The van der Waals surface area contributed by atoms with Crippen molar-refractivity contribution in [2.24, 2.45) is 0 Å². The van der Waals surface area contributed by atoms with E-state index in [2.05, 4.69) is 10.1 Å². The van der Waals surface area contributed by atoms with E-state index in [1.165, 1.54) is 13.2 Å². The summed E-state index contributed by atoms with van der Waals surface area (Å²) in [7, 11) is 3.01. The fraction of sp³-hybridized carbons (Fsp3) is 0.700. The van der Waals surface area contributed by atoms with Gasteiger partial charge in [-0.15, -0.1) is 0 Å². The first-order valence-electron chi connectivity index (χ1n) is 4.83. The highest BCUT2D eigenvalue weighted by Gasteiger charge is 2.34. The fourth-order valence-corrected chi connectivity index (χ4v) is 1.40. The second-order valence-corrected chi connectivity index (χ2v) is 3.43. The molecular weight excluding hydrogens is 198 g/mol. The van der Waals surface area contributed by atoms with Crippen molar-refractivity contribution in [2.45, 2.75) is 12.0 Å². The van der Waals surface area contributed by atoms with Crippen LogP contribution in [-0.2, 0) is 19.0 Å². The van der Waals surface area contributed by atoms with Crippen molar-refractivity contribution >= 4 is 5.97 Å². The molecular formula is C10H17NO4. The average molecular weight is 215 g/mol. The lowest BCUT2D eigenvalue weighted by molar-refractivity contribution is -0.134. The molecule has 86 valence electrons. The van der Waals surface area contributed by atoms with E-state index in [0.29, 0.717) is 13.2 Å². The average Bonchev–Trinajstić information content (AvgIpc) is 2.73. The van der Waals surface area contributed by atoms with Gasteiger partial charge in [0, 0.05) is 39.0 Å². The molecule has 0 amide bonds. The van der Waals surface area contributed by atoms with Gasteiger partial charge in [-0.3, -0.25) is 0 Å². The molecule has 1 unspecified atom stereocenters. The Morgan fingerprint density at radius 2 is 2.40 bits per heavy atom. The molecule has 1 aliphatic rings. The summed E-state index contributed by atoms with van der Waals surface area (Å²) in [4.78, 5) is 10.8. The highest BCUT2D eigenvalue weighted by Crippen LogP contribution is 2.21. The molecule has 0 aromatic rings. The van der Waals surface area contributed by atoms with E-state index in [9.17, 15) is 4.79 Å². The summed E-state index contributed by atoms with van der Waals surface area (Å²) in [6.45, 7) is 1.93. The van der Waals surface area contributed by atoms with Crippen molar-refractivity contribution in [3.8, 4) is 0 Å². The highest BCUT2D eigenvalue weighted by molar-refractivity contribution is 5.81. The number of nitrogens with one attached hydrogen (secondary N) is 1. The summed E-state index contributed by atoms with van der Waals surface area (Å²) < 4.78 is 15.1. The van der Waals surface area contributed by atoms with Crippen molar-refractivity contribution in [3.05, 3.63) is 12.3 Å². The first kappa shape index (κ1) is 12.0. The second-order valence-electron chi connectivity index (χ2n) is 3.43. The normalized spacial score (nSPS) is 25.7. The Labute approximate surface area is 89.4 Å². The van der Waals surface area contributed by atoms with E-state index in [0.717, 1.165) is 13.0 Å². The predicted octanol–water partition coefficient (Wildman–Crippen LogP) is 0.0682. The lowest BCUT2D eigenvalue weighted by atomic mass is 10.0. The Hall–Kier alpha value is -1.07. The molecule has 1 fully saturated rings. The molecule has 0 saturated carbocycles. The molecule has 1 saturated heterocycles. The van der Waals surface area contributed by atoms with Crippen LogP contribution >= 0.6 is 0 Å². The van der Waals surface area contributed by atoms with Gasteiger partial charge in [-0.05, 0) is 0 Å². The van der Waals surface area contributed by atoms with Crippen LogP contribution < -0.4 is 5.32 Å². The highest BCUT2D eigenvalue weighted by atomic mass is 16.5. The lowest BCUT2D eigenvalue weighted by Crippen LogP contribution is -2.41. The molecule has 5 nitrogen and oxygen atoms in total. The van der Waals surface area contributed by atoms with E-state index < -0.39 is 0 Å². The van der Waals surface area contributed by atoms with Crippen molar-refractivity contribution in [1.29, 1.82) is 0 Å². The molecule has 0 aromatic heterocycles. The van der Waals surface area contributed by atoms with Gasteiger partial charge in [-0.2, -0.15) is 0 Å². The van der Waals surface area contributed by atoms with Crippen LogP contribution in [0.2, 0.25) is 0 Å². The smallest absolute Gasteiger partial charge is 0.331 e. The summed E-state index contributed by atoms with van der Waals surface area (Å²) in [6, 6.07) is 0. The Balaban J connectivity index is 2.29. The monoisotopic (exact) mass is 215 g/mol. The Morgan fingerprint density at radius 1 is 1.60 bits per heavy atom. The summed E-state index contributed by atoms with van der Waals surface area (Å²) in [5.41, 5.74) is -0.263. The van der Waals surface area contributed by atoms with Gasteiger partial charge in [0.1, 0.15) is 5.60 Å². The number of ether oxygens (including phenoxy) is 3. The van der Waals surface area contributed by atoms with Crippen LogP contribution in [0.5, 0.6) is 0 Å². The molecule has 1 atom stereocenters. The first-order valence-corrected chi connectivity index (χ1v) is 4.83. The van der Waals surface area contributed by atoms with Crippen LogP contribution in [0.4, 0.5) is 0 Å². The van der Waals surface area contributed by atoms with Gasteiger partial charge in [0.25, 0.3) is 0 Å². The Kier molecular flexibility index (Phi) is 4.58. The van der Waals surface area contributed by atoms with Gasteiger partial charge >= 0.3 is 5.97 Å². The maximum absolute atomic E-state index is 10.8. The van der Waals surface area contributed by atoms with Gasteiger partial charge in [-0.1, -0.05) is 0 Å². The molecule has 1 N–H and O–H groups in total. The van der Waals surface area contributed by atoms with Crippen molar-refractivity contribution in [3.63, 3.8) is 0 Å². The van der Waals surface area contributed by atoms with Crippen LogP contribution in [0.3, 0.4) is 0 Å². The van der Waals surface area contributed by atoms with Crippen molar-refractivity contribution in [1.82, 2.24) is 5.32 Å². The molecule has 1 aliphatic heterocycles. The van der Waals surface area contributed by atoms with Gasteiger partial charge in [-0.25, -0.2) is 4.79 Å². The topological polar surface area (TPSA) is 56.8 Å². The Morgan fingerprint density at radius 3 is 2.93 bits per heavy atom. The van der Waals surface area contributed by atoms with E-state index in [4.69, 9.17) is 9.47 Å². The third kappa shape index (κ3) is 3.53. The lowest BCUT2D eigenvalue weighted by Gasteiger charge is -2.25. The van der Waals surface area contributed by atoms with Crippen LogP contribution in [0.25, 0.3) is 0 Å². The van der Waals surface area contributed by atoms with Gasteiger partial charge in [0.15, 0.2) is 0 Å². The van der Waals surface area contributed by atoms with E-state index >= 15 is 0 Å².